The number of thiazole rings is 1. The van der Waals surface area contributed by atoms with Gasteiger partial charge in [-0.25, -0.2) is 9.79 Å². The molecule has 1 unspecified atom stereocenters. The maximum atomic E-state index is 13.3. The Morgan fingerprint density at radius 2 is 2.10 bits per heavy atom. The number of nitrogens with zero attached hydrogens (tertiary/aromatic N) is 2. The molecule has 2 aromatic heterocycles. The van der Waals surface area contributed by atoms with E-state index in [1.54, 1.807) is 54.6 Å². The van der Waals surface area contributed by atoms with E-state index in [0.717, 1.165) is 10.5 Å². The average Bonchev–Trinajstić information content (AvgIpc) is 3.36. The minimum absolute atomic E-state index is 0.219. The van der Waals surface area contributed by atoms with Crippen molar-refractivity contribution in [2.45, 2.75) is 24.8 Å². The number of carbonyl (C=O) groups excluding carboxylic acids is 1. The number of carbonyl (C=O) groups is 1. The van der Waals surface area contributed by atoms with E-state index < -0.39 is 12.0 Å². The van der Waals surface area contributed by atoms with Crippen LogP contribution in [0.1, 0.15) is 31.2 Å². The summed E-state index contributed by atoms with van der Waals surface area (Å²) in [6.07, 6.45) is 5.25. The third-order valence-corrected chi connectivity index (χ3v) is 6.49. The number of aromatic nitrogens is 1. The smallest absolute Gasteiger partial charge is 0.338 e. The summed E-state index contributed by atoms with van der Waals surface area (Å²) in [6.45, 7) is 3.78. The molecule has 0 saturated carbocycles. The van der Waals surface area contributed by atoms with Crippen molar-refractivity contribution in [2.24, 2.45) is 4.99 Å². The summed E-state index contributed by atoms with van der Waals surface area (Å²) in [5, 5.41) is 0. The van der Waals surface area contributed by atoms with Gasteiger partial charge in [0.05, 0.1) is 34.7 Å². The van der Waals surface area contributed by atoms with Crippen LogP contribution in [0.4, 0.5) is 0 Å². The largest absolute Gasteiger partial charge is 0.465 e. The standard InChI is InChI=1S/C22H20N2O4S2/c1-4-27-21(26)18-13(2)23-22-24(19(18)14-7-9-16(29-3)10-8-14)20(25)17(30-22)12-15-6-5-11-28-15/h5-12,19H,4H2,1-3H3/b17-12+. The number of benzene rings is 1. The first-order chi connectivity index (χ1) is 14.5. The zero-order valence-electron chi connectivity index (χ0n) is 16.7. The minimum atomic E-state index is -0.602. The molecule has 0 saturated heterocycles. The Morgan fingerprint density at radius 1 is 1.33 bits per heavy atom. The van der Waals surface area contributed by atoms with Crippen LogP contribution < -0.4 is 14.9 Å². The van der Waals surface area contributed by atoms with Gasteiger partial charge in [0.1, 0.15) is 5.76 Å². The molecule has 3 aromatic rings. The van der Waals surface area contributed by atoms with Crippen molar-refractivity contribution < 1.29 is 13.9 Å². The molecule has 1 atom stereocenters. The fraction of sp³-hybridized carbons (Fsp3) is 0.227. The second-order valence-electron chi connectivity index (χ2n) is 6.59. The number of hydrogen-bond acceptors (Lipinski definition) is 7. The van der Waals surface area contributed by atoms with Gasteiger partial charge < -0.3 is 9.15 Å². The van der Waals surface area contributed by atoms with E-state index in [2.05, 4.69) is 4.99 Å². The van der Waals surface area contributed by atoms with E-state index in [4.69, 9.17) is 9.15 Å². The van der Waals surface area contributed by atoms with Crippen molar-refractivity contribution in [1.29, 1.82) is 0 Å². The molecule has 0 amide bonds. The SMILES string of the molecule is CCOC(=O)C1=C(C)N=c2s/c(=C/c3ccco3)c(=O)n2C1c1ccc(SC)cc1. The van der Waals surface area contributed by atoms with Crippen LogP contribution in [-0.4, -0.2) is 23.4 Å². The highest BCUT2D eigenvalue weighted by atomic mass is 32.2. The molecule has 0 N–H and O–H groups in total. The topological polar surface area (TPSA) is 73.8 Å². The van der Waals surface area contributed by atoms with E-state index in [9.17, 15) is 9.59 Å². The lowest BCUT2D eigenvalue weighted by atomic mass is 9.96. The van der Waals surface area contributed by atoms with Crippen LogP contribution >= 0.6 is 23.1 Å². The lowest BCUT2D eigenvalue weighted by molar-refractivity contribution is -0.139. The summed E-state index contributed by atoms with van der Waals surface area (Å²) >= 11 is 2.91. The molecule has 3 heterocycles. The molecule has 0 spiro atoms. The van der Waals surface area contributed by atoms with E-state index in [0.29, 0.717) is 26.4 Å². The quantitative estimate of drug-likeness (QED) is 0.450. The Hall–Kier alpha value is -2.84. The number of furan rings is 1. The zero-order valence-corrected chi connectivity index (χ0v) is 18.4. The highest BCUT2D eigenvalue weighted by Gasteiger charge is 2.33. The Morgan fingerprint density at radius 3 is 2.73 bits per heavy atom. The number of rotatable bonds is 5. The summed E-state index contributed by atoms with van der Waals surface area (Å²) in [6, 6.07) is 10.8. The van der Waals surface area contributed by atoms with E-state index in [1.807, 2.05) is 30.5 Å². The van der Waals surface area contributed by atoms with Gasteiger partial charge in [-0.1, -0.05) is 23.5 Å². The van der Waals surface area contributed by atoms with Gasteiger partial charge in [0.2, 0.25) is 0 Å². The molecule has 1 aromatic carbocycles. The first kappa shape index (κ1) is 20.4. The maximum Gasteiger partial charge on any atom is 0.338 e. The van der Waals surface area contributed by atoms with Crippen LogP contribution in [0.15, 0.2) is 73.0 Å². The molecule has 0 fully saturated rings. The predicted octanol–water partition coefficient (Wildman–Crippen LogP) is 3.11. The number of fused-ring (bicyclic) bond motifs is 1. The van der Waals surface area contributed by atoms with E-state index in [-0.39, 0.29) is 12.2 Å². The van der Waals surface area contributed by atoms with Crippen molar-refractivity contribution >= 4 is 35.1 Å². The Bertz CT molecular complexity index is 1280. The molecular formula is C22H20N2O4S2. The van der Waals surface area contributed by atoms with Crippen LogP contribution in [0.3, 0.4) is 0 Å². The third-order valence-electron chi connectivity index (χ3n) is 4.77. The highest BCUT2D eigenvalue weighted by molar-refractivity contribution is 7.98. The predicted molar refractivity (Wildman–Crippen MR) is 117 cm³/mol. The van der Waals surface area contributed by atoms with Crippen molar-refractivity contribution in [3.63, 3.8) is 0 Å². The molecule has 1 aliphatic heterocycles. The van der Waals surface area contributed by atoms with Gasteiger partial charge in [0.25, 0.3) is 5.56 Å². The molecule has 8 heteroatoms. The molecule has 30 heavy (non-hydrogen) atoms. The highest BCUT2D eigenvalue weighted by Crippen LogP contribution is 2.31. The molecule has 0 aliphatic carbocycles. The summed E-state index contributed by atoms with van der Waals surface area (Å²) in [5.74, 6) is 0.125. The first-order valence-corrected chi connectivity index (χ1v) is 11.4. The third kappa shape index (κ3) is 3.68. The fourth-order valence-corrected chi connectivity index (χ4v) is 4.83. The zero-order chi connectivity index (χ0) is 21.3. The van der Waals surface area contributed by atoms with Crippen LogP contribution in [-0.2, 0) is 9.53 Å². The molecule has 0 bridgehead atoms. The molecule has 154 valence electrons. The van der Waals surface area contributed by atoms with Gasteiger partial charge in [-0.05, 0) is 49.9 Å². The van der Waals surface area contributed by atoms with Crippen molar-refractivity contribution in [1.82, 2.24) is 4.57 Å². The van der Waals surface area contributed by atoms with Gasteiger partial charge in [-0.15, -0.1) is 11.8 Å². The van der Waals surface area contributed by atoms with E-state index in [1.165, 1.54) is 11.3 Å². The lowest BCUT2D eigenvalue weighted by Crippen LogP contribution is -2.39. The van der Waals surface area contributed by atoms with Crippen molar-refractivity contribution in [3.8, 4) is 0 Å². The van der Waals surface area contributed by atoms with Gasteiger partial charge >= 0.3 is 5.97 Å². The van der Waals surface area contributed by atoms with Crippen molar-refractivity contribution in [3.05, 3.63) is 84.9 Å². The van der Waals surface area contributed by atoms with Crippen LogP contribution in [0.2, 0.25) is 0 Å². The first-order valence-electron chi connectivity index (χ1n) is 9.40. The van der Waals surface area contributed by atoms with Gasteiger partial charge in [-0.3, -0.25) is 9.36 Å². The van der Waals surface area contributed by atoms with Crippen molar-refractivity contribution in [2.75, 3.05) is 12.9 Å². The number of hydrogen-bond donors (Lipinski definition) is 0. The molecule has 6 nitrogen and oxygen atoms in total. The number of allylic oxidation sites excluding steroid dienone is 1. The average molecular weight is 441 g/mol. The molecule has 0 radical (unpaired) electrons. The maximum absolute atomic E-state index is 13.3. The number of thioether (sulfide) groups is 1. The van der Waals surface area contributed by atoms with Crippen LogP contribution in [0, 0.1) is 0 Å². The molecule has 1 aliphatic rings. The lowest BCUT2D eigenvalue weighted by Gasteiger charge is -2.24. The molecular weight excluding hydrogens is 420 g/mol. The minimum Gasteiger partial charge on any atom is -0.465 e. The van der Waals surface area contributed by atoms with E-state index >= 15 is 0 Å². The Labute approximate surface area is 181 Å². The fourth-order valence-electron chi connectivity index (χ4n) is 3.40. The second kappa shape index (κ2) is 8.49. The Balaban J connectivity index is 1.95. The number of ether oxygens (including phenoxy) is 1. The summed E-state index contributed by atoms with van der Waals surface area (Å²) < 4.78 is 12.7. The van der Waals surface area contributed by atoms with Gasteiger partial charge in [0, 0.05) is 11.0 Å². The van der Waals surface area contributed by atoms with Gasteiger partial charge in [0.15, 0.2) is 4.80 Å². The molecule has 4 rings (SSSR count). The summed E-state index contributed by atoms with van der Waals surface area (Å²) in [4.78, 5) is 32.4. The normalized spacial score (nSPS) is 16.4. The second-order valence-corrected chi connectivity index (χ2v) is 8.48. The summed E-state index contributed by atoms with van der Waals surface area (Å²) in [5.41, 5.74) is 1.54. The Kier molecular flexibility index (Phi) is 5.78. The van der Waals surface area contributed by atoms with Crippen LogP contribution in [0.5, 0.6) is 0 Å². The monoisotopic (exact) mass is 440 g/mol. The van der Waals surface area contributed by atoms with Gasteiger partial charge in [-0.2, -0.15) is 0 Å². The summed E-state index contributed by atoms with van der Waals surface area (Å²) in [7, 11) is 0. The number of esters is 1. The van der Waals surface area contributed by atoms with Crippen LogP contribution in [0.25, 0.3) is 6.08 Å².